The molecule has 0 unspecified atom stereocenters. The van der Waals surface area contributed by atoms with Gasteiger partial charge in [-0.3, -0.25) is 10.1 Å². The van der Waals surface area contributed by atoms with Crippen LogP contribution in [-0.2, 0) is 0 Å². The molecule has 3 heteroatoms. The first-order valence-corrected chi connectivity index (χ1v) is 4.00. The zero-order valence-electron chi connectivity index (χ0n) is 7.16. The highest BCUT2D eigenvalue weighted by Gasteiger charge is 2.02. The van der Waals surface area contributed by atoms with Crippen LogP contribution in [0.4, 0.5) is 0 Å². The van der Waals surface area contributed by atoms with Crippen LogP contribution in [-0.4, -0.2) is 18.9 Å². The molecular weight excluding hydrogens is 164 g/mol. The number of hydrogen-bond acceptors (Lipinski definition) is 3. The molecule has 0 radical (unpaired) electrons. The SMILES string of the molecule is N#CCNCC(=O)c1ccccc1. The van der Waals surface area contributed by atoms with Crippen LogP contribution < -0.4 is 5.32 Å². The van der Waals surface area contributed by atoms with Gasteiger partial charge < -0.3 is 0 Å². The Bertz CT molecular complexity index is 313. The summed E-state index contributed by atoms with van der Waals surface area (Å²) >= 11 is 0. The van der Waals surface area contributed by atoms with Crippen molar-refractivity contribution in [1.82, 2.24) is 5.32 Å². The summed E-state index contributed by atoms with van der Waals surface area (Å²) in [5, 5.41) is 10.9. The van der Waals surface area contributed by atoms with Crippen LogP contribution in [0.5, 0.6) is 0 Å². The number of hydrogen-bond donors (Lipinski definition) is 1. The Labute approximate surface area is 77.0 Å². The number of Topliss-reactive ketones (excluding diaryl/α,β-unsaturated/α-hetero) is 1. The van der Waals surface area contributed by atoms with Gasteiger partial charge in [-0.2, -0.15) is 5.26 Å². The van der Waals surface area contributed by atoms with E-state index in [0.717, 1.165) is 0 Å². The van der Waals surface area contributed by atoms with Gasteiger partial charge in [0.1, 0.15) is 0 Å². The molecule has 0 heterocycles. The molecule has 0 saturated heterocycles. The second kappa shape index (κ2) is 5.07. The summed E-state index contributed by atoms with van der Waals surface area (Å²) < 4.78 is 0. The van der Waals surface area contributed by atoms with Crippen molar-refractivity contribution in [3.8, 4) is 6.07 Å². The third-order valence-electron chi connectivity index (χ3n) is 1.59. The van der Waals surface area contributed by atoms with Gasteiger partial charge in [0, 0.05) is 5.56 Å². The molecule has 13 heavy (non-hydrogen) atoms. The van der Waals surface area contributed by atoms with Gasteiger partial charge in [-0.1, -0.05) is 30.3 Å². The number of benzene rings is 1. The van der Waals surface area contributed by atoms with Crippen LogP contribution >= 0.6 is 0 Å². The van der Waals surface area contributed by atoms with Crippen LogP contribution in [0.1, 0.15) is 10.4 Å². The maximum absolute atomic E-state index is 11.3. The molecular formula is C10H10N2O. The number of nitrogens with zero attached hydrogens (tertiary/aromatic N) is 1. The Kier molecular flexibility index (Phi) is 3.68. The summed E-state index contributed by atoms with van der Waals surface area (Å²) in [5.41, 5.74) is 0.674. The Balaban J connectivity index is 2.46. The molecule has 0 aliphatic rings. The zero-order valence-corrected chi connectivity index (χ0v) is 7.16. The molecule has 0 spiro atoms. The van der Waals surface area contributed by atoms with Crippen LogP contribution in [0.3, 0.4) is 0 Å². The van der Waals surface area contributed by atoms with Gasteiger partial charge in [-0.05, 0) is 0 Å². The van der Waals surface area contributed by atoms with E-state index in [0.29, 0.717) is 5.56 Å². The zero-order chi connectivity index (χ0) is 9.52. The van der Waals surface area contributed by atoms with Crippen LogP contribution in [0.2, 0.25) is 0 Å². The molecule has 1 rings (SSSR count). The number of rotatable bonds is 4. The lowest BCUT2D eigenvalue weighted by Gasteiger charge is -1.99. The lowest BCUT2D eigenvalue weighted by molar-refractivity contribution is 0.0992. The van der Waals surface area contributed by atoms with Gasteiger partial charge in [0.15, 0.2) is 5.78 Å². The molecule has 1 aromatic rings. The third kappa shape index (κ3) is 3.06. The van der Waals surface area contributed by atoms with E-state index in [2.05, 4.69) is 5.32 Å². The van der Waals surface area contributed by atoms with Crippen LogP contribution in [0.15, 0.2) is 30.3 Å². The maximum atomic E-state index is 11.3. The number of carbonyl (C=O) groups excluding carboxylic acids is 1. The van der Waals surface area contributed by atoms with Crippen molar-refractivity contribution >= 4 is 5.78 Å². The first kappa shape index (κ1) is 9.43. The quantitative estimate of drug-likeness (QED) is 0.420. The van der Waals surface area contributed by atoms with Gasteiger partial charge in [0.05, 0.1) is 19.2 Å². The molecule has 0 saturated carbocycles. The van der Waals surface area contributed by atoms with Crippen molar-refractivity contribution in [1.29, 1.82) is 5.26 Å². The number of carbonyl (C=O) groups is 1. The fourth-order valence-electron chi connectivity index (χ4n) is 0.958. The van der Waals surface area contributed by atoms with E-state index in [1.54, 1.807) is 12.1 Å². The normalized spacial score (nSPS) is 9.15. The first-order chi connectivity index (χ1) is 6.34. The predicted molar refractivity (Wildman–Crippen MR) is 49.3 cm³/mol. The minimum absolute atomic E-state index is 0.0100. The first-order valence-electron chi connectivity index (χ1n) is 4.00. The fourth-order valence-corrected chi connectivity index (χ4v) is 0.958. The molecule has 0 aliphatic carbocycles. The lowest BCUT2D eigenvalue weighted by Crippen LogP contribution is -2.23. The minimum Gasteiger partial charge on any atom is -0.297 e. The van der Waals surface area contributed by atoms with E-state index < -0.39 is 0 Å². The van der Waals surface area contributed by atoms with Crippen molar-refractivity contribution in [2.75, 3.05) is 13.1 Å². The highest BCUT2D eigenvalue weighted by atomic mass is 16.1. The molecule has 1 aromatic carbocycles. The summed E-state index contributed by atoms with van der Waals surface area (Å²) in [5.74, 6) is 0.0100. The molecule has 0 aliphatic heterocycles. The highest BCUT2D eigenvalue weighted by Crippen LogP contribution is 1.98. The molecule has 0 bridgehead atoms. The van der Waals surface area contributed by atoms with Crippen molar-refractivity contribution in [3.63, 3.8) is 0 Å². The van der Waals surface area contributed by atoms with E-state index in [9.17, 15) is 4.79 Å². The second-order valence-corrected chi connectivity index (χ2v) is 2.55. The van der Waals surface area contributed by atoms with E-state index in [4.69, 9.17) is 5.26 Å². The predicted octanol–water partition coefficient (Wildman–Crippen LogP) is 0.982. The monoisotopic (exact) mass is 174 g/mol. The Morgan fingerprint density at radius 2 is 2.08 bits per heavy atom. The highest BCUT2D eigenvalue weighted by molar-refractivity contribution is 5.97. The summed E-state index contributed by atoms with van der Waals surface area (Å²) in [4.78, 5) is 11.3. The van der Waals surface area contributed by atoms with Gasteiger partial charge in [0.2, 0.25) is 0 Å². The molecule has 3 nitrogen and oxygen atoms in total. The Morgan fingerprint density at radius 1 is 1.38 bits per heavy atom. The van der Waals surface area contributed by atoms with Crippen molar-refractivity contribution in [2.45, 2.75) is 0 Å². The van der Waals surface area contributed by atoms with E-state index in [1.165, 1.54) is 0 Å². The van der Waals surface area contributed by atoms with Gasteiger partial charge >= 0.3 is 0 Å². The summed E-state index contributed by atoms with van der Waals surface area (Å²) in [6, 6.07) is 10.9. The largest absolute Gasteiger partial charge is 0.297 e. The topological polar surface area (TPSA) is 52.9 Å². The smallest absolute Gasteiger partial charge is 0.176 e. The van der Waals surface area contributed by atoms with Gasteiger partial charge in [-0.25, -0.2) is 0 Å². The van der Waals surface area contributed by atoms with Crippen LogP contribution in [0, 0.1) is 11.3 Å². The molecule has 0 aromatic heterocycles. The fraction of sp³-hybridized carbons (Fsp3) is 0.200. The average molecular weight is 174 g/mol. The maximum Gasteiger partial charge on any atom is 0.176 e. The average Bonchev–Trinajstić information content (AvgIpc) is 2.19. The molecule has 0 fully saturated rings. The Hall–Kier alpha value is -1.66. The lowest BCUT2D eigenvalue weighted by atomic mass is 10.1. The van der Waals surface area contributed by atoms with Crippen molar-refractivity contribution in [3.05, 3.63) is 35.9 Å². The summed E-state index contributed by atoms with van der Waals surface area (Å²) in [6.45, 7) is 0.427. The molecule has 0 atom stereocenters. The Morgan fingerprint density at radius 3 is 2.69 bits per heavy atom. The second-order valence-electron chi connectivity index (χ2n) is 2.55. The van der Waals surface area contributed by atoms with E-state index >= 15 is 0 Å². The number of ketones is 1. The van der Waals surface area contributed by atoms with E-state index in [-0.39, 0.29) is 18.9 Å². The summed E-state index contributed by atoms with van der Waals surface area (Å²) in [6.07, 6.45) is 0. The third-order valence-corrected chi connectivity index (χ3v) is 1.59. The van der Waals surface area contributed by atoms with Gasteiger partial charge in [0.25, 0.3) is 0 Å². The molecule has 66 valence electrons. The molecule has 0 amide bonds. The summed E-state index contributed by atoms with van der Waals surface area (Å²) in [7, 11) is 0. The molecule has 1 N–H and O–H groups in total. The van der Waals surface area contributed by atoms with Crippen molar-refractivity contribution < 1.29 is 4.79 Å². The number of nitriles is 1. The van der Waals surface area contributed by atoms with E-state index in [1.807, 2.05) is 24.3 Å². The number of nitrogens with one attached hydrogen (secondary N) is 1. The van der Waals surface area contributed by atoms with Crippen LogP contribution in [0.25, 0.3) is 0 Å². The van der Waals surface area contributed by atoms with Gasteiger partial charge in [-0.15, -0.1) is 0 Å². The standard InChI is InChI=1S/C10H10N2O/c11-6-7-12-8-10(13)9-4-2-1-3-5-9/h1-5,12H,7-8H2. The van der Waals surface area contributed by atoms with Crippen molar-refractivity contribution in [2.24, 2.45) is 0 Å². The minimum atomic E-state index is 0.0100.